The van der Waals surface area contributed by atoms with E-state index in [1.54, 1.807) is 0 Å². The Morgan fingerprint density at radius 1 is 1.03 bits per heavy atom. The van der Waals surface area contributed by atoms with Gasteiger partial charge >= 0.3 is 0 Å². The van der Waals surface area contributed by atoms with E-state index in [-0.39, 0.29) is 29.3 Å². The number of halogens is 1. The van der Waals surface area contributed by atoms with Crippen molar-refractivity contribution < 1.29 is 19.0 Å². The summed E-state index contributed by atoms with van der Waals surface area (Å²) in [5.41, 5.74) is 3.21. The number of hydrogen-bond donors (Lipinski definition) is 1. The van der Waals surface area contributed by atoms with Crippen molar-refractivity contribution in [2.45, 2.75) is 70.0 Å². The maximum Gasteiger partial charge on any atom is 0.286 e. The van der Waals surface area contributed by atoms with Crippen LogP contribution in [-0.4, -0.2) is 46.4 Å². The molecule has 0 aromatic heterocycles. The molecule has 0 radical (unpaired) electrons. The van der Waals surface area contributed by atoms with E-state index in [2.05, 4.69) is 9.89 Å². The maximum absolute atomic E-state index is 15.2. The first-order chi connectivity index (χ1) is 18.7. The predicted molar refractivity (Wildman–Crippen MR) is 153 cm³/mol. The molecule has 5 nitrogen and oxygen atoms in total. The Morgan fingerprint density at radius 2 is 1.69 bits per heavy atom. The first-order valence-corrected chi connectivity index (χ1v) is 15.1. The normalized spacial score (nSPS) is 34.7. The van der Waals surface area contributed by atoms with Gasteiger partial charge in [0.25, 0.3) is 5.91 Å². The number of morpholine rings is 1. The average molecular weight is 547 g/mol. The summed E-state index contributed by atoms with van der Waals surface area (Å²) in [6.45, 7) is 5.50. The molecule has 2 aromatic carbocycles. The molecular formula is C32H35FN2O3S. The SMILES string of the molecule is C[C@@H]1CN(C2=NC(=O)C(=Cc3cccc(-c4cc(F)c(O)c(C56CC7CC(CC(C7)C5)C6)c4)c3)S2)C[C@H](C)O1. The molecule has 4 saturated carbocycles. The molecule has 1 N–H and O–H groups in total. The van der Waals surface area contributed by atoms with E-state index >= 15 is 4.39 Å². The standard InChI is InChI=1S/C32H35FN2O3S/c1-18-16-35(17-19(2)38-18)31-34-30(37)28(39-31)10-20-4-3-5-24(9-20)25-11-26(29(36)27(33)12-25)32-13-21-6-22(14-32)8-23(7-21)15-32/h3-5,9-12,18-19,21-23,36H,6-8,13-17H2,1-2H3/t18-,19+,21?,22?,23?,32?. The van der Waals surface area contributed by atoms with Crippen LogP contribution in [0.2, 0.25) is 0 Å². The first-order valence-electron chi connectivity index (χ1n) is 14.3. The van der Waals surface area contributed by atoms with E-state index in [1.807, 2.05) is 50.3 Å². The fourth-order valence-corrected chi connectivity index (χ4v) is 9.37. The monoisotopic (exact) mass is 546 g/mol. The molecule has 2 heterocycles. The van der Waals surface area contributed by atoms with Crippen LogP contribution in [0.25, 0.3) is 17.2 Å². The number of thioether (sulfide) groups is 1. The number of phenolic OH excluding ortho intramolecular Hbond substituents is 1. The zero-order valence-electron chi connectivity index (χ0n) is 22.5. The molecule has 4 bridgehead atoms. The van der Waals surface area contributed by atoms with Crippen LogP contribution in [0.3, 0.4) is 0 Å². The van der Waals surface area contributed by atoms with Crippen LogP contribution in [0.5, 0.6) is 5.75 Å². The first kappa shape index (κ1) is 25.3. The summed E-state index contributed by atoms with van der Waals surface area (Å²) >= 11 is 1.40. The average Bonchev–Trinajstić information content (AvgIpc) is 3.24. The van der Waals surface area contributed by atoms with Crippen LogP contribution >= 0.6 is 11.8 Å². The number of ether oxygens (including phenoxy) is 1. The summed E-state index contributed by atoms with van der Waals surface area (Å²) in [7, 11) is 0. The number of aliphatic imine (C=N–C) groups is 1. The lowest BCUT2D eigenvalue weighted by molar-refractivity contribution is -0.113. The van der Waals surface area contributed by atoms with Gasteiger partial charge in [0.15, 0.2) is 16.7 Å². The Hall–Kier alpha value is -2.64. The lowest BCUT2D eigenvalue weighted by Crippen LogP contribution is -2.48. The van der Waals surface area contributed by atoms with Gasteiger partial charge in [-0.25, -0.2) is 4.39 Å². The Bertz CT molecular complexity index is 1360. The van der Waals surface area contributed by atoms with Crippen LogP contribution in [0.1, 0.15) is 63.5 Å². The van der Waals surface area contributed by atoms with Crippen molar-refractivity contribution in [1.82, 2.24) is 4.90 Å². The number of rotatable bonds is 3. The third-order valence-corrected chi connectivity index (χ3v) is 10.5. The lowest BCUT2D eigenvalue weighted by atomic mass is 9.48. The van der Waals surface area contributed by atoms with Crippen LogP contribution < -0.4 is 0 Å². The molecule has 8 rings (SSSR count). The van der Waals surface area contributed by atoms with Gasteiger partial charge in [0.1, 0.15) is 0 Å². The minimum absolute atomic E-state index is 0.0888. The largest absolute Gasteiger partial charge is 0.505 e. The molecule has 39 heavy (non-hydrogen) atoms. The molecule has 7 heteroatoms. The molecule has 6 aliphatic rings. The number of nitrogens with zero attached hydrogens (tertiary/aromatic N) is 2. The van der Waals surface area contributed by atoms with Crippen LogP contribution in [-0.2, 0) is 14.9 Å². The highest BCUT2D eigenvalue weighted by Crippen LogP contribution is 2.62. The van der Waals surface area contributed by atoms with Gasteiger partial charge in [0.2, 0.25) is 0 Å². The van der Waals surface area contributed by atoms with Gasteiger partial charge < -0.3 is 14.7 Å². The van der Waals surface area contributed by atoms with E-state index in [1.165, 1.54) is 37.1 Å². The van der Waals surface area contributed by atoms with E-state index in [4.69, 9.17) is 4.74 Å². The second-order valence-electron chi connectivity index (χ2n) is 12.7. The van der Waals surface area contributed by atoms with Crippen molar-refractivity contribution in [2.24, 2.45) is 22.7 Å². The predicted octanol–water partition coefficient (Wildman–Crippen LogP) is 6.75. The van der Waals surface area contributed by atoms with Crippen molar-refractivity contribution in [3.8, 4) is 16.9 Å². The Morgan fingerprint density at radius 3 is 2.36 bits per heavy atom. The smallest absolute Gasteiger partial charge is 0.286 e. The quantitative estimate of drug-likeness (QED) is 0.432. The van der Waals surface area contributed by atoms with E-state index in [0.717, 1.165) is 46.7 Å². The fourth-order valence-electron chi connectivity index (χ4n) is 8.44. The number of carbonyl (C=O) groups is 1. The summed E-state index contributed by atoms with van der Waals surface area (Å²) in [5, 5.41) is 11.6. The molecule has 1 amide bonds. The van der Waals surface area contributed by atoms with Gasteiger partial charge in [-0.3, -0.25) is 4.79 Å². The number of amides is 1. The van der Waals surface area contributed by atoms with Crippen LogP contribution in [0.15, 0.2) is 46.3 Å². The number of benzene rings is 2. The van der Waals surface area contributed by atoms with Crippen molar-refractivity contribution in [1.29, 1.82) is 0 Å². The topological polar surface area (TPSA) is 62.1 Å². The molecule has 2 atom stereocenters. The lowest BCUT2D eigenvalue weighted by Gasteiger charge is -2.57. The van der Waals surface area contributed by atoms with Gasteiger partial charge in [-0.05, 0) is 128 Å². The van der Waals surface area contributed by atoms with Crippen molar-refractivity contribution in [3.05, 3.63) is 58.2 Å². The number of phenols is 1. The van der Waals surface area contributed by atoms with Crippen molar-refractivity contribution in [3.63, 3.8) is 0 Å². The van der Waals surface area contributed by atoms with Crippen LogP contribution in [0.4, 0.5) is 4.39 Å². The summed E-state index contributed by atoms with van der Waals surface area (Å²) in [6.07, 6.45) is 9.12. The second-order valence-corrected chi connectivity index (χ2v) is 13.7. The van der Waals surface area contributed by atoms with E-state index in [9.17, 15) is 9.90 Å². The zero-order chi connectivity index (χ0) is 26.9. The molecule has 2 aliphatic heterocycles. The maximum atomic E-state index is 15.2. The van der Waals surface area contributed by atoms with Gasteiger partial charge in [0, 0.05) is 18.7 Å². The highest BCUT2D eigenvalue weighted by atomic mass is 32.2. The molecule has 1 saturated heterocycles. The molecule has 2 aromatic rings. The molecule has 0 unspecified atom stereocenters. The zero-order valence-corrected chi connectivity index (χ0v) is 23.3. The molecule has 5 fully saturated rings. The van der Waals surface area contributed by atoms with Crippen LogP contribution in [0, 0.1) is 23.6 Å². The Kier molecular flexibility index (Phi) is 6.16. The summed E-state index contributed by atoms with van der Waals surface area (Å²) in [5.74, 6) is 1.17. The van der Waals surface area contributed by atoms with E-state index < -0.39 is 5.82 Å². The minimum atomic E-state index is -0.546. The Balaban J connectivity index is 1.17. The Labute approximate surface area is 233 Å². The molecule has 204 valence electrons. The van der Waals surface area contributed by atoms with E-state index in [0.29, 0.717) is 35.7 Å². The molecular weight excluding hydrogens is 511 g/mol. The second kappa shape index (κ2) is 9.48. The fraction of sp³-hybridized carbons (Fsp3) is 0.500. The number of amidine groups is 1. The number of aromatic hydroxyl groups is 1. The highest BCUT2D eigenvalue weighted by Gasteiger charge is 2.52. The third kappa shape index (κ3) is 4.61. The minimum Gasteiger partial charge on any atom is -0.505 e. The number of hydrogen-bond acceptors (Lipinski definition) is 5. The molecule has 0 spiro atoms. The van der Waals surface area contributed by atoms with Gasteiger partial charge in [-0.2, -0.15) is 4.99 Å². The van der Waals surface area contributed by atoms with Crippen molar-refractivity contribution in [2.75, 3.05) is 13.1 Å². The van der Waals surface area contributed by atoms with Crippen molar-refractivity contribution >= 4 is 28.9 Å². The highest BCUT2D eigenvalue weighted by molar-refractivity contribution is 8.18. The van der Waals surface area contributed by atoms with Gasteiger partial charge in [0.05, 0.1) is 17.1 Å². The summed E-state index contributed by atoms with van der Waals surface area (Å²) in [6, 6.07) is 11.3. The van der Waals surface area contributed by atoms with Gasteiger partial charge in [-0.15, -0.1) is 0 Å². The molecule has 4 aliphatic carbocycles. The van der Waals surface area contributed by atoms with Gasteiger partial charge in [-0.1, -0.05) is 18.2 Å². The summed E-state index contributed by atoms with van der Waals surface area (Å²) < 4.78 is 21.1. The third-order valence-electron chi connectivity index (χ3n) is 9.49. The summed E-state index contributed by atoms with van der Waals surface area (Å²) in [4.78, 5) is 19.8. The number of carbonyl (C=O) groups excluding carboxylic acids is 1.